The molecular formula is C14H9FN4. The Hall–Kier alpha value is -2.87. The average Bonchev–Trinajstić information content (AvgIpc) is 2.77. The number of nitrogens with two attached hydrogens (primary N) is 1. The largest absolute Gasteiger partial charge is 0.398 e. The van der Waals surface area contributed by atoms with Gasteiger partial charge >= 0.3 is 0 Å². The van der Waals surface area contributed by atoms with Crippen LogP contribution in [-0.4, -0.2) is 9.38 Å². The van der Waals surface area contributed by atoms with E-state index in [2.05, 4.69) is 4.98 Å². The van der Waals surface area contributed by atoms with Crippen LogP contribution >= 0.6 is 0 Å². The lowest BCUT2D eigenvalue weighted by Crippen LogP contribution is -1.94. The molecule has 0 amide bonds. The fourth-order valence-electron chi connectivity index (χ4n) is 2.02. The van der Waals surface area contributed by atoms with E-state index in [0.717, 1.165) is 0 Å². The molecule has 0 radical (unpaired) electrons. The predicted molar refractivity (Wildman–Crippen MR) is 69.7 cm³/mol. The Bertz CT molecular complexity index is 814. The molecule has 0 saturated carbocycles. The molecule has 2 aromatic heterocycles. The van der Waals surface area contributed by atoms with Crippen molar-refractivity contribution < 1.29 is 4.39 Å². The van der Waals surface area contributed by atoms with Crippen molar-refractivity contribution in [2.45, 2.75) is 0 Å². The molecule has 0 bridgehead atoms. The van der Waals surface area contributed by atoms with Gasteiger partial charge in [0.05, 0.1) is 11.1 Å². The number of nitrogen functional groups attached to an aromatic ring is 1. The second-order valence-corrected chi connectivity index (χ2v) is 4.09. The van der Waals surface area contributed by atoms with Crippen molar-refractivity contribution in [3.8, 4) is 17.5 Å². The summed E-state index contributed by atoms with van der Waals surface area (Å²) in [5.41, 5.74) is 7.45. The molecule has 92 valence electrons. The summed E-state index contributed by atoms with van der Waals surface area (Å²) in [6.07, 6.45) is 1.63. The van der Waals surface area contributed by atoms with Crippen LogP contribution in [0.15, 0.2) is 42.6 Å². The Morgan fingerprint density at radius 1 is 1.21 bits per heavy atom. The number of hydrogen-bond acceptors (Lipinski definition) is 3. The fraction of sp³-hybridized carbons (Fsp3) is 0. The number of imidazole rings is 1. The lowest BCUT2D eigenvalue weighted by Gasteiger charge is -2.03. The van der Waals surface area contributed by atoms with E-state index < -0.39 is 0 Å². The van der Waals surface area contributed by atoms with Crippen molar-refractivity contribution in [3.05, 3.63) is 54.1 Å². The molecule has 2 heterocycles. The van der Waals surface area contributed by atoms with E-state index in [4.69, 9.17) is 11.0 Å². The van der Waals surface area contributed by atoms with Crippen LogP contribution in [0.4, 0.5) is 10.1 Å². The van der Waals surface area contributed by atoms with Gasteiger partial charge in [-0.1, -0.05) is 12.1 Å². The molecule has 0 fully saturated rings. The molecule has 0 aliphatic rings. The predicted octanol–water partition coefficient (Wildman–Crippen LogP) is 2.59. The third-order valence-electron chi connectivity index (χ3n) is 2.88. The van der Waals surface area contributed by atoms with Gasteiger partial charge in [0.15, 0.2) is 5.69 Å². The fourth-order valence-corrected chi connectivity index (χ4v) is 2.02. The smallest absolute Gasteiger partial charge is 0.166 e. The first-order valence-corrected chi connectivity index (χ1v) is 5.63. The molecule has 5 heteroatoms. The zero-order valence-electron chi connectivity index (χ0n) is 9.84. The summed E-state index contributed by atoms with van der Waals surface area (Å²) in [5.74, 6) is -0.0155. The van der Waals surface area contributed by atoms with Crippen molar-refractivity contribution in [2.75, 3.05) is 5.73 Å². The maximum atomic E-state index is 13.8. The van der Waals surface area contributed by atoms with Crippen LogP contribution in [0.2, 0.25) is 0 Å². The SMILES string of the molecule is N#Cc1nc(-c2ccccc2F)n2cc(N)ccc12. The summed E-state index contributed by atoms with van der Waals surface area (Å²) in [6.45, 7) is 0. The third-order valence-corrected chi connectivity index (χ3v) is 2.88. The number of anilines is 1. The Morgan fingerprint density at radius 2 is 2.00 bits per heavy atom. The highest BCUT2D eigenvalue weighted by Gasteiger charge is 2.15. The molecule has 1 aromatic carbocycles. The molecule has 0 aliphatic heterocycles. The number of rotatable bonds is 1. The second-order valence-electron chi connectivity index (χ2n) is 4.09. The highest BCUT2D eigenvalue weighted by Crippen LogP contribution is 2.25. The summed E-state index contributed by atoms with van der Waals surface area (Å²) >= 11 is 0. The molecule has 0 saturated heterocycles. The maximum Gasteiger partial charge on any atom is 0.166 e. The summed E-state index contributed by atoms with van der Waals surface area (Å²) < 4.78 is 15.5. The van der Waals surface area contributed by atoms with Gasteiger partial charge in [0.25, 0.3) is 0 Å². The van der Waals surface area contributed by atoms with E-state index in [1.54, 1.807) is 40.9 Å². The normalized spacial score (nSPS) is 10.5. The van der Waals surface area contributed by atoms with Gasteiger partial charge in [0.1, 0.15) is 17.7 Å². The van der Waals surface area contributed by atoms with Crippen LogP contribution in [0, 0.1) is 17.1 Å². The first-order valence-electron chi connectivity index (χ1n) is 5.63. The van der Waals surface area contributed by atoms with Gasteiger partial charge < -0.3 is 5.73 Å². The Balaban J connectivity index is 2.39. The van der Waals surface area contributed by atoms with Crippen molar-refractivity contribution in [1.29, 1.82) is 5.26 Å². The molecule has 0 unspecified atom stereocenters. The molecular weight excluding hydrogens is 243 g/mol. The number of halogens is 1. The van der Waals surface area contributed by atoms with Gasteiger partial charge in [-0.25, -0.2) is 9.37 Å². The summed E-state index contributed by atoms with van der Waals surface area (Å²) in [4.78, 5) is 4.19. The zero-order valence-corrected chi connectivity index (χ0v) is 9.84. The molecule has 2 N–H and O–H groups in total. The summed E-state index contributed by atoms with van der Waals surface area (Å²) in [7, 11) is 0. The van der Waals surface area contributed by atoms with E-state index in [1.165, 1.54) is 6.07 Å². The van der Waals surface area contributed by atoms with Crippen LogP contribution < -0.4 is 5.73 Å². The van der Waals surface area contributed by atoms with E-state index in [1.807, 2.05) is 6.07 Å². The highest BCUT2D eigenvalue weighted by molar-refractivity contribution is 5.70. The first-order chi connectivity index (χ1) is 9.20. The van der Waals surface area contributed by atoms with Crippen LogP contribution in [0.25, 0.3) is 16.9 Å². The Kier molecular flexibility index (Phi) is 2.43. The maximum absolute atomic E-state index is 13.8. The number of fused-ring (bicyclic) bond motifs is 1. The van der Waals surface area contributed by atoms with Crippen molar-refractivity contribution in [2.24, 2.45) is 0 Å². The lowest BCUT2D eigenvalue weighted by molar-refractivity contribution is 0.630. The number of aromatic nitrogens is 2. The Labute approximate surface area is 108 Å². The van der Waals surface area contributed by atoms with E-state index in [9.17, 15) is 4.39 Å². The van der Waals surface area contributed by atoms with Crippen LogP contribution in [0.3, 0.4) is 0 Å². The first kappa shape index (κ1) is 11.2. The van der Waals surface area contributed by atoms with Gasteiger partial charge in [-0.2, -0.15) is 5.26 Å². The van der Waals surface area contributed by atoms with E-state index in [0.29, 0.717) is 22.6 Å². The Morgan fingerprint density at radius 3 is 2.74 bits per heavy atom. The average molecular weight is 252 g/mol. The van der Waals surface area contributed by atoms with Gasteiger partial charge in [-0.3, -0.25) is 4.40 Å². The van der Waals surface area contributed by atoms with Crippen molar-refractivity contribution in [3.63, 3.8) is 0 Å². The number of benzene rings is 1. The molecule has 4 nitrogen and oxygen atoms in total. The minimum Gasteiger partial charge on any atom is -0.398 e. The molecule has 19 heavy (non-hydrogen) atoms. The monoisotopic (exact) mass is 252 g/mol. The van der Waals surface area contributed by atoms with Gasteiger partial charge in [0, 0.05) is 11.9 Å². The van der Waals surface area contributed by atoms with Crippen LogP contribution in [-0.2, 0) is 0 Å². The van der Waals surface area contributed by atoms with Crippen molar-refractivity contribution >= 4 is 11.2 Å². The zero-order chi connectivity index (χ0) is 13.4. The third kappa shape index (κ3) is 1.70. The minimum atomic E-state index is -0.388. The molecule has 0 spiro atoms. The van der Waals surface area contributed by atoms with Crippen LogP contribution in [0.5, 0.6) is 0 Å². The standard InChI is InChI=1S/C14H9FN4/c15-11-4-2-1-3-10(11)14-18-12(7-16)13-6-5-9(17)8-19(13)14/h1-6,8H,17H2. The number of nitrogens with zero attached hydrogens (tertiary/aromatic N) is 3. The summed E-state index contributed by atoms with van der Waals surface area (Å²) in [6, 6.07) is 11.7. The second kappa shape index (κ2) is 4.10. The molecule has 3 rings (SSSR count). The van der Waals surface area contributed by atoms with E-state index >= 15 is 0 Å². The number of nitriles is 1. The van der Waals surface area contributed by atoms with Crippen LogP contribution in [0.1, 0.15) is 5.69 Å². The van der Waals surface area contributed by atoms with Crippen molar-refractivity contribution in [1.82, 2.24) is 9.38 Å². The van der Waals surface area contributed by atoms with E-state index in [-0.39, 0.29) is 11.5 Å². The highest BCUT2D eigenvalue weighted by atomic mass is 19.1. The quantitative estimate of drug-likeness (QED) is 0.723. The molecule has 0 aliphatic carbocycles. The van der Waals surface area contributed by atoms with Gasteiger partial charge in [-0.15, -0.1) is 0 Å². The van der Waals surface area contributed by atoms with Gasteiger partial charge in [-0.05, 0) is 24.3 Å². The number of hydrogen-bond donors (Lipinski definition) is 1. The minimum absolute atomic E-state index is 0.248. The molecule has 0 atom stereocenters. The van der Waals surface area contributed by atoms with Gasteiger partial charge in [0.2, 0.25) is 0 Å². The molecule has 3 aromatic rings. The summed E-state index contributed by atoms with van der Waals surface area (Å²) in [5, 5.41) is 9.08. The lowest BCUT2D eigenvalue weighted by atomic mass is 10.2. The number of pyridine rings is 1. The topological polar surface area (TPSA) is 67.1 Å².